The fourth-order valence-corrected chi connectivity index (χ4v) is 4.32. The Morgan fingerprint density at radius 2 is 1.76 bits per heavy atom. The molecule has 1 aliphatic carbocycles. The summed E-state index contributed by atoms with van der Waals surface area (Å²) in [5.41, 5.74) is 7.40. The molecule has 0 spiro atoms. The Bertz CT molecular complexity index is 1410. The van der Waals surface area contributed by atoms with Crippen LogP contribution in [0.25, 0.3) is 33.4 Å². The van der Waals surface area contributed by atoms with Crippen LogP contribution in [-0.2, 0) is 4.74 Å². The molecule has 0 radical (unpaired) electrons. The molecular formula is C28H31N2O3+. The molecule has 2 aliphatic rings. The maximum Gasteiger partial charge on any atom is 0.338 e. The van der Waals surface area contributed by atoms with Gasteiger partial charge in [0.2, 0.25) is 5.36 Å². The van der Waals surface area contributed by atoms with E-state index in [9.17, 15) is 4.79 Å². The zero-order chi connectivity index (χ0) is 23.9. The first-order chi connectivity index (χ1) is 15.7. The minimum absolute atomic E-state index is 0.318. The van der Waals surface area contributed by atoms with Crippen molar-refractivity contribution < 1.29 is 13.9 Å². The summed E-state index contributed by atoms with van der Waals surface area (Å²) in [7, 11) is 8.07. The van der Waals surface area contributed by atoms with Gasteiger partial charge < -0.3 is 14.1 Å². The van der Waals surface area contributed by atoms with E-state index < -0.39 is 0 Å². The third kappa shape index (κ3) is 4.11. The highest BCUT2D eigenvalue weighted by Gasteiger charge is 2.24. The molecule has 5 nitrogen and oxygen atoms in total. The van der Waals surface area contributed by atoms with E-state index >= 15 is 0 Å². The van der Waals surface area contributed by atoms with E-state index in [0.717, 1.165) is 55.6 Å². The first-order valence-electron chi connectivity index (χ1n) is 11.2. The zero-order valence-electron chi connectivity index (χ0n) is 20.4. The molecule has 5 heteroatoms. The average molecular weight is 444 g/mol. The van der Waals surface area contributed by atoms with E-state index in [1.807, 2.05) is 60.2 Å². The molecule has 0 saturated carbocycles. The molecule has 170 valence electrons. The van der Waals surface area contributed by atoms with Crippen LogP contribution in [0.4, 0.5) is 5.69 Å². The smallest absolute Gasteiger partial charge is 0.338 e. The van der Waals surface area contributed by atoms with Crippen LogP contribution in [0, 0.1) is 13.8 Å². The predicted octanol–water partition coefficient (Wildman–Crippen LogP) is 5.10. The summed E-state index contributed by atoms with van der Waals surface area (Å²) in [4.78, 5) is 15.0. The van der Waals surface area contributed by atoms with Gasteiger partial charge in [-0.1, -0.05) is 17.7 Å². The summed E-state index contributed by atoms with van der Waals surface area (Å²) < 4.78 is 13.9. The van der Waals surface area contributed by atoms with Gasteiger partial charge in [0.25, 0.3) is 0 Å². The van der Waals surface area contributed by atoms with Gasteiger partial charge in [0, 0.05) is 47.9 Å². The largest absolute Gasteiger partial charge is 0.462 e. The number of aryl methyl sites for hydroxylation is 2. The van der Waals surface area contributed by atoms with Crippen LogP contribution in [0.15, 0.2) is 52.9 Å². The highest BCUT2D eigenvalue weighted by Crippen LogP contribution is 2.42. The van der Waals surface area contributed by atoms with Crippen molar-refractivity contribution in [3.63, 3.8) is 0 Å². The monoisotopic (exact) mass is 443 g/mol. The second-order valence-corrected chi connectivity index (χ2v) is 8.85. The first kappa shape index (κ1) is 22.6. The molecule has 0 atom stereocenters. The van der Waals surface area contributed by atoms with Gasteiger partial charge in [0.15, 0.2) is 0 Å². The van der Waals surface area contributed by atoms with Crippen molar-refractivity contribution in [1.29, 1.82) is 0 Å². The van der Waals surface area contributed by atoms with E-state index in [-0.39, 0.29) is 5.97 Å². The molecule has 4 rings (SSSR count). The highest BCUT2D eigenvalue weighted by molar-refractivity contribution is 6.08. The number of fused-ring (bicyclic) bond motifs is 2. The molecule has 0 aromatic heterocycles. The van der Waals surface area contributed by atoms with E-state index in [4.69, 9.17) is 9.15 Å². The van der Waals surface area contributed by atoms with E-state index in [1.54, 1.807) is 0 Å². The molecule has 0 saturated heterocycles. The van der Waals surface area contributed by atoms with Crippen LogP contribution in [0.1, 0.15) is 28.4 Å². The van der Waals surface area contributed by atoms with Crippen LogP contribution in [0.3, 0.4) is 0 Å². The Balaban J connectivity index is 2.19. The van der Waals surface area contributed by atoms with Gasteiger partial charge in [0.1, 0.15) is 25.4 Å². The lowest BCUT2D eigenvalue weighted by atomic mass is 9.89. The lowest BCUT2D eigenvalue weighted by molar-refractivity contribution is 0.0527. The second-order valence-electron chi connectivity index (χ2n) is 8.85. The molecule has 0 unspecified atom stereocenters. The van der Waals surface area contributed by atoms with Crippen molar-refractivity contribution in [3.05, 3.63) is 70.6 Å². The average Bonchev–Trinajstić information content (AvgIpc) is 2.76. The molecule has 1 heterocycles. The summed E-state index contributed by atoms with van der Waals surface area (Å²) in [6.45, 7) is 6.29. The van der Waals surface area contributed by atoms with Crippen LogP contribution in [0.2, 0.25) is 0 Å². The van der Waals surface area contributed by atoms with E-state index in [0.29, 0.717) is 12.2 Å². The molecule has 33 heavy (non-hydrogen) atoms. The molecule has 2 aromatic carbocycles. The fraction of sp³-hybridized carbons (Fsp3) is 0.286. The summed E-state index contributed by atoms with van der Waals surface area (Å²) in [5, 5.41) is 2.05. The number of rotatable bonds is 4. The van der Waals surface area contributed by atoms with Crippen molar-refractivity contribution >= 4 is 22.6 Å². The quantitative estimate of drug-likeness (QED) is 0.250. The second kappa shape index (κ2) is 8.74. The molecule has 1 aliphatic heterocycles. The fourth-order valence-electron chi connectivity index (χ4n) is 4.32. The number of hydrogen-bond acceptors (Lipinski definition) is 4. The van der Waals surface area contributed by atoms with E-state index in [1.165, 1.54) is 0 Å². The predicted molar refractivity (Wildman–Crippen MR) is 135 cm³/mol. The van der Waals surface area contributed by atoms with Crippen LogP contribution in [0.5, 0.6) is 0 Å². The van der Waals surface area contributed by atoms with Gasteiger partial charge >= 0.3 is 5.97 Å². The maximum absolute atomic E-state index is 12.9. The van der Waals surface area contributed by atoms with Gasteiger partial charge in [-0.2, -0.15) is 0 Å². The molecule has 0 amide bonds. The molecule has 0 N–H and O–H groups in total. The number of benzene rings is 3. The minimum atomic E-state index is -0.318. The molecular weight excluding hydrogens is 412 g/mol. The topological polar surface area (TPSA) is 45.7 Å². The van der Waals surface area contributed by atoms with Gasteiger partial charge in [-0.3, -0.25) is 0 Å². The summed E-state index contributed by atoms with van der Waals surface area (Å²) in [6, 6.07) is 16.3. The lowest BCUT2D eigenvalue weighted by Gasteiger charge is -2.20. The Hall–Kier alpha value is -3.60. The number of anilines is 1. The highest BCUT2D eigenvalue weighted by atomic mass is 16.5. The standard InChI is InChI=1S/C28H31N2O3/c1-8-32-28(31)20-11-9-17(2)13-22(20)27-21-12-10-19(29(4)5)15-25(21)33-26-16-24(30(6)7)18(3)14-23(26)27/h9-16H,8H2,1-7H3/q+1. The summed E-state index contributed by atoms with van der Waals surface area (Å²) in [6.07, 6.45) is 0. The van der Waals surface area contributed by atoms with Gasteiger partial charge in [-0.15, -0.1) is 0 Å². The number of nitrogens with zero attached hydrogens (tertiary/aromatic N) is 2. The van der Waals surface area contributed by atoms with Gasteiger partial charge in [-0.05, 0) is 50.6 Å². The molecule has 0 bridgehead atoms. The number of hydrogen-bond donors (Lipinski definition) is 0. The summed E-state index contributed by atoms with van der Waals surface area (Å²) in [5.74, 6) is 0.458. The third-order valence-electron chi connectivity index (χ3n) is 5.96. The van der Waals surface area contributed by atoms with Crippen molar-refractivity contribution in [3.8, 4) is 22.5 Å². The normalized spacial score (nSPS) is 11.1. The lowest BCUT2D eigenvalue weighted by Crippen LogP contribution is -2.24. The first-order valence-corrected chi connectivity index (χ1v) is 11.2. The number of esters is 1. The van der Waals surface area contributed by atoms with Crippen LogP contribution < -0.4 is 14.8 Å². The molecule has 0 fully saturated rings. The Morgan fingerprint density at radius 3 is 2.42 bits per heavy atom. The van der Waals surface area contributed by atoms with Crippen molar-refractivity contribution in [2.45, 2.75) is 20.8 Å². The number of ether oxygens (including phenoxy) is 1. The van der Waals surface area contributed by atoms with E-state index in [2.05, 4.69) is 46.7 Å². The maximum atomic E-state index is 12.9. The number of carbonyl (C=O) groups is 1. The van der Waals surface area contributed by atoms with Crippen molar-refractivity contribution in [1.82, 2.24) is 4.58 Å². The third-order valence-corrected chi connectivity index (χ3v) is 5.96. The SMILES string of the molecule is CCOC(=O)c1ccc(C)cc1-c1c2cc(C)c(=[N+](C)C)cc-2oc2cc(N(C)C)ccc12. The van der Waals surface area contributed by atoms with Crippen molar-refractivity contribution in [2.75, 3.05) is 39.7 Å². The van der Waals surface area contributed by atoms with Gasteiger partial charge in [0.05, 0.1) is 18.2 Å². The Morgan fingerprint density at radius 1 is 1.00 bits per heavy atom. The zero-order valence-corrected chi connectivity index (χ0v) is 20.4. The van der Waals surface area contributed by atoms with Crippen LogP contribution >= 0.6 is 0 Å². The number of carbonyl (C=O) groups excluding carboxylic acids is 1. The summed E-state index contributed by atoms with van der Waals surface area (Å²) >= 11 is 0. The minimum Gasteiger partial charge on any atom is -0.462 e. The Labute approximate surface area is 194 Å². The van der Waals surface area contributed by atoms with Crippen LogP contribution in [-0.4, -0.2) is 40.8 Å². The van der Waals surface area contributed by atoms with Gasteiger partial charge in [-0.25, -0.2) is 9.37 Å². The Kier molecular flexibility index (Phi) is 5.98. The molecule has 2 aromatic rings. The van der Waals surface area contributed by atoms with Crippen molar-refractivity contribution in [2.24, 2.45) is 0 Å².